The van der Waals surface area contributed by atoms with E-state index in [9.17, 15) is 0 Å². The summed E-state index contributed by atoms with van der Waals surface area (Å²) in [4.78, 5) is 0. The van der Waals surface area contributed by atoms with Gasteiger partial charge in [0, 0.05) is 26.2 Å². The van der Waals surface area contributed by atoms with Gasteiger partial charge in [0.2, 0.25) is 0 Å². The Morgan fingerprint density at radius 2 is 0.792 bits per heavy atom. The summed E-state index contributed by atoms with van der Waals surface area (Å²) in [6.07, 6.45) is 16.9. The largest absolute Gasteiger partial charge is 0.329 e. The van der Waals surface area contributed by atoms with Crippen LogP contribution in [0.2, 0.25) is 0 Å². The lowest BCUT2D eigenvalue weighted by Gasteiger charge is -2.04. The Bertz CT molecular complexity index is 170. The van der Waals surface area contributed by atoms with Crippen LogP contribution in [-0.2, 0) is 0 Å². The summed E-state index contributed by atoms with van der Waals surface area (Å²) < 4.78 is 0. The van der Waals surface area contributed by atoms with Crippen LogP contribution in [0, 0.1) is 0 Å². The third-order valence-electron chi connectivity index (χ3n) is 4.06. The molecule has 0 saturated carbocycles. The van der Waals surface area contributed by atoms with Gasteiger partial charge >= 0.3 is 0 Å². The summed E-state index contributed by atoms with van der Waals surface area (Å²) in [7, 11) is 0. The fraction of sp³-hybridized carbons (Fsp3) is 1.00. The van der Waals surface area contributed by atoms with Crippen LogP contribution < -0.4 is 22.1 Å². The second-order valence-corrected chi connectivity index (χ2v) is 6.61. The van der Waals surface area contributed by atoms with E-state index in [0.717, 1.165) is 13.1 Å². The Balaban J connectivity index is 0. The lowest BCUT2D eigenvalue weighted by Crippen LogP contribution is -2.27. The topological polar surface area (TPSA) is 76.1 Å². The van der Waals surface area contributed by atoms with Gasteiger partial charge in [0.25, 0.3) is 0 Å². The Labute approximate surface area is 152 Å². The van der Waals surface area contributed by atoms with Crippen molar-refractivity contribution in [3.63, 3.8) is 0 Å². The SMILES string of the molecule is CCCCCCCCNCCCCCCCC.NCCNCCN. The highest BCUT2D eigenvalue weighted by atomic mass is 14.9. The van der Waals surface area contributed by atoms with Crippen molar-refractivity contribution in [1.82, 2.24) is 10.6 Å². The fourth-order valence-electron chi connectivity index (χ4n) is 2.51. The summed E-state index contributed by atoms with van der Waals surface area (Å²) in [5, 5.41) is 6.60. The van der Waals surface area contributed by atoms with Gasteiger partial charge in [-0.25, -0.2) is 0 Å². The molecule has 6 N–H and O–H groups in total. The Hall–Kier alpha value is -0.160. The van der Waals surface area contributed by atoms with Crippen molar-refractivity contribution in [3.8, 4) is 0 Å². The van der Waals surface area contributed by atoms with E-state index in [0.29, 0.717) is 13.1 Å². The van der Waals surface area contributed by atoms with Gasteiger partial charge in [-0.15, -0.1) is 0 Å². The van der Waals surface area contributed by atoms with Crippen molar-refractivity contribution in [3.05, 3.63) is 0 Å². The predicted octanol–water partition coefficient (Wildman–Crippen LogP) is 3.79. The van der Waals surface area contributed by atoms with E-state index < -0.39 is 0 Å². The third kappa shape index (κ3) is 29.8. The molecule has 0 heterocycles. The lowest BCUT2D eigenvalue weighted by molar-refractivity contribution is 0.543. The van der Waals surface area contributed by atoms with Crippen LogP contribution in [0.1, 0.15) is 90.9 Å². The highest BCUT2D eigenvalue weighted by Gasteiger charge is 1.92. The molecule has 0 aromatic rings. The van der Waals surface area contributed by atoms with Gasteiger partial charge in [0.15, 0.2) is 0 Å². The average molecular weight is 345 g/mol. The maximum absolute atomic E-state index is 5.17. The number of nitrogens with two attached hydrogens (primary N) is 2. The first kappa shape index (κ1) is 26.1. The number of hydrogen-bond acceptors (Lipinski definition) is 4. The van der Waals surface area contributed by atoms with E-state index in [1.165, 1.54) is 90.1 Å². The molecule has 0 radical (unpaired) electrons. The molecule has 24 heavy (non-hydrogen) atoms. The smallest absolute Gasteiger partial charge is 0.00750 e. The molecule has 4 nitrogen and oxygen atoms in total. The summed E-state index contributed by atoms with van der Waals surface area (Å²) in [5.41, 5.74) is 10.3. The van der Waals surface area contributed by atoms with Gasteiger partial charge in [0.1, 0.15) is 0 Å². The van der Waals surface area contributed by atoms with Crippen LogP contribution in [0.5, 0.6) is 0 Å². The zero-order valence-electron chi connectivity index (χ0n) is 16.9. The van der Waals surface area contributed by atoms with E-state index in [1.807, 2.05) is 0 Å². The molecule has 0 aliphatic rings. The van der Waals surface area contributed by atoms with E-state index in [1.54, 1.807) is 0 Å². The summed E-state index contributed by atoms with van der Waals surface area (Å²) in [6, 6.07) is 0. The molecule has 0 fully saturated rings. The van der Waals surface area contributed by atoms with Crippen molar-refractivity contribution >= 4 is 0 Å². The van der Waals surface area contributed by atoms with E-state index in [2.05, 4.69) is 24.5 Å². The molecule has 0 amide bonds. The van der Waals surface area contributed by atoms with Crippen molar-refractivity contribution in [2.24, 2.45) is 11.5 Å². The molecule has 0 atom stereocenters. The minimum Gasteiger partial charge on any atom is -0.329 e. The Kier molecular flexibility index (Phi) is 30.1. The van der Waals surface area contributed by atoms with Gasteiger partial charge in [-0.1, -0.05) is 78.1 Å². The van der Waals surface area contributed by atoms with E-state index >= 15 is 0 Å². The molecule has 0 saturated heterocycles. The summed E-state index contributed by atoms with van der Waals surface area (Å²) >= 11 is 0. The molecular formula is C20H48N4. The van der Waals surface area contributed by atoms with Gasteiger partial charge in [-0.3, -0.25) is 0 Å². The van der Waals surface area contributed by atoms with Crippen LogP contribution in [0.25, 0.3) is 0 Å². The molecule has 0 aliphatic carbocycles. The lowest BCUT2D eigenvalue weighted by atomic mass is 10.1. The van der Waals surface area contributed by atoms with Gasteiger partial charge in [0.05, 0.1) is 0 Å². The quantitative estimate of drug-likeness (QED) is 0.285. The number of unbranched alkanes of at least 4 members (excludes halogenated alkanes) is 10. The maximum Gasteiger partial charge on any atom is 0.00750 e. The van der Waals surface area contributed by atoms with Gasteiger partial charge in [-0.2, -0.15) is 0 Å². The number of rotatable bonds is 18. The van der Waals surface area contributed by atoms with E-state index in [-0.39, 0.29) is 0 Å². The van der Waals surface area contributed by atoms with Crippen molar-refractivity contribution in [2.75, 3.05) is 39.3 Å². The average Bonchev–Trinajstić information content (AvgIpc) is 2.60. The minimum absolute atomic E-state index is 0.694. The van der Waals surface area contributed by atoms with E-state index in [4.69, 9.17) is 11.5 Å². The van der Waals surface area contributed by atoms with Crippen LogP contribution in [-0.4, -0.2) is 39.3 Å². The molecule has 0 aromatic carbocycles. The molecule has 0 bridgehead atoms. The van der Waals surface area contributed by atoms with Crippen molar-refractivity contribution in [1.29, 1.82) is 0 Å². The second-order valence-electron chi connectivity index (χ2n) is 6.61. The highest BCUT2D eigenvalue weighted by Crippen LogP contribution is 2.05. The van der Waals surface area contributed by atoms with Crippen LogP contribution >= 0.6 is 0 Å². The fourth-order valence-corrected chi connectivity index (χ4v) is 2.51. The number of hydrogen-bond donors (Lipinski definition) is 4. The van der Waals surface area contributed by atoms with Gasteiger partial charge in [-0.05, 0) is 25.9 Å². The molecular weight excluding hydrogens is 296 g/mol. The molecule has 4 heteroatoms. The molecule has 0 aliphatic heterocycles. The maximum atomic E-state index is 5.17. The monoisotopic (exact) mass is 344 g/mol. The summed E-state index contributed by atoms with van der Waals surface area (Å²) in [5.74, 6) is 0. The van der Waals surface area contributed by atoms with Crippen molar-refractivity contribution in [2.45, 2.75) is 90.9 Å². The zero-order chi connectivity index (χ0) is 18.1. The third-order valence-corrected chi connectivity index (χ3v) is 4.06. The Morgan fingerprint density at radius 3 is 1.17 bits per heavy atom. The number of nitrogens with one attached hydrogen (secondary N) is 2. The standard InChI is InChI=1S/C16H35N.C4H13N3/c1-3-5-7-9-11-13-15-17-16-14-12-10-8-6-4-2;5-1-3-7-4-2-6/h17H,3-16H2,1-2H3;7H,1-6H2. The molecule has 0 unspecified atom stereocenters. The van der Waals surface area contributed by atoms with Crippen molar-refractivity contribution < 1.29 is 0 Å². The predicted molar refractivity (Wildman–Crippen MR) is 111 cm³/mol. The first-order valence-corrected chi connectivity index (χ1v) is 10.6. The molecule has 0 spiro atoms. The summed E-state index contributed by atoms with van der Waals surface area (Å²) in [6.45, 7) is 10.2. The van der Waals surface area contributed by atoms with Gasteiger partial charge < -0.3 is 22.1 Å². The minimum atomic E-state index is 0.694. The van der Waals surface area contributed by atoms with Crippen LogP contribution in [0.4, 0.5) is 0 Å². The zero-order valence-corrected chi connectivity index (χ0v) is 16.9. The molecule has 0 aromatic heterocycles. The van der Waals surface area contributed by atoms with Crippen LogP contribution in [0.3, 0.4) is 0 Å². The second kappa shape index (κ2) is 27.7. The molecule has 148 valence electrons. The Morgan fingerprint density at radius 1 is 0.458 bits per heavy atom. The highest BCUT2D eigenvalue weighted by molar-refractivity contribution is 4.51. The van der Waals surface area contributed by atoms with Crippen LogP contribution in [0.15, 0.2) is 0 Å². The molecule has 0 rings (SSSR count). The first-order chi connectivity index (χ1) is 11.8. The normalized spacial score (nSPS) is 10.5. The first-order valence-electron chi connectivity index (χ1n) is 10.6.